The minimum absolute atomic E-state index is 0.0838. The van der Waals surface area contributed by atoms with Gasteiger partial charge in [-0.2, -0.15) is 0 Å². The van der Waals surface area contributed by atoms with E-state index in [1.54, 1.807) is 12.4 Å². The Kier molecular flexibility index (Phi) is 4.07. The molecule has 5 nitrogen and oxygen atoms in total. The number of carbonyl (C=O) groups excluding carboxylic acids is 1. The Labute approximate surface area is 151 Å². The second kappa shape index (κ2) is 6.26. The van der Waals surface area contributed by atoms with Crippen molar-refractivity contribution in [2.75, 3.05) is 13.1 Å². The molecule has 3 aromatic rings. The van der Waals surface area contributed by atoms with Crippen LogP contribution in [0.15, 0.2) is 24.5 Å². The summed E-state index contributed by atoms with van der Waals surface area (Å²) in [4.78, 5) is 26.1. The smallest absolute Gasteiger partial charge is 0.255 e. The third kappa shape index (κ3) is 2.74. The van der Waals surface area contributed by atoms with Crippen LogP contribution in [0.1, 0.15) is 51.2 Å². The van der Waals surface area contributed by atoms with E-state index in [9.17, 15) is 4.79 Å². The molecule has 0 aromatic carbocycles. The standard InChI is InChI=1S/C19H22N4OS/c1-12-13(2)25-19-17(21-14(3)23(12)19)15-6-9-22(10-7-15)18(24)16-5-4-8-20-11-16/h4-5,8,11,15H,6-7,9-10H2,1-3H3. The number of thiazole rings is 1. The predicted octanol–water partition coefficient (Wildman–Crippen LogP) is 3.74. The highest BCUT2D eigenvalue weighted by Crippen LogP contribution is 2.35. The van der Waals surface area contributed by atoms with Gasteiger partial charge in [0.1, 0.15) is 10.7 Å². The molecule has 4 rings (SSSR count). The number of piperidine rings is 1. The van der Waals surface area contributed by atoms with Gasteiger partial charge >= 0.3 is 0 Å². The molecule has 1 aliphatic rings. The number of imidazole rings is 1. The second-order valence-corrected chi connectivity index (χ2v) is 7.94. The van der Waals surface area contributed by atoms with Crippen molar-refractivity contribution in [2.45, 2.75) is 39.5 Å². The fourth-order valence-corrected chi connectivity index (χ4v) is 4.90. The zero-order valence-corrected chi connectivity index (χ0v) is 15.6. The number of pyridine rings is 1. The Morgan fingerprint density at radius 2 is 2.00 bits per heavy atom. The number of likely N-dealkylation sites (tertiary alicyclic amines) is 1. The Balaban J connectivity index is 1.53. The van der Waals surface area contributed by atoms with E-state index in [1.807, 2.05) is 28.4 Å². The summed E-state index contributed by atoms with van der Waals surface area (Å²) in [5, 5.41) is 0. The molecule has 0 atom stereocenters. The van der Waals surface area contributed by atoms with Gasteiger partial charge in [-0.1, -0.05) is 0 Å². The lowest BCUT2D eigenvalue weighted by Crippen LogP contribution is -2.38. The van der Waals surface area contributed by atoms with Crippen LogP contribution in [0.4, 0.5) is 0 Å². The van der Waals surface area contributed by atoms with Crippen molar-refractivity contribution in [2.24, 2.45) is 0 Å². The molecular weight excluding hydrogens is 332 g/mol. The first-order chi connectivity index (χ1) is 12.1. The molecule has 0 aliphatic carbocycles. The quantitative estimate of drug-likeness (QED) is 0.704. The first-order valence-electron chi connectivity index (χ1n) is 8.70. The maximum atomic E-state index is 12.6. The maximum Gasteiger partial charge on any atom is 0.255 e. The van der Waals surface area contributed by atoms with Crippen LogP contribution in [0.3, 0.4) is 0 Å². The minimum Gasteiger partial charge on any atom is -0.339 e. The van der Waals surface area contributed by atoms with Gasteiger partial charge in [0.25, 0.3) is 5.91 Å². The van der Waals surface area contributed by atoms with Gasteiger partial charge in [0, 0.05) is 42.0 Å². The van der Waals surface area contributed by atoms with Gasteiger partial charge in [0.15, 0.2) is 0 Å². The van der Waals surface area contributed by atoms with Crippen LogP contribution in [0.5, 0.6) is 0 Å². The molecule has 0 bridgehead atoms. The molecule has 0 saturated carbocycles. The summed E-state index contributed by atoms with van der Waals surface area (Å²) in [5.41, 5.74) is 3.18. The van der Waals surface area contributed by atoms with Crippen LogP contribution in [0.2, 0.25) is 0 Å². The molecule has 1 aliphatic heterocycles. The van der Waals surface area contributed by atoms with Crippen molar-refractivity contribution in [3.8, 4) is 0 Å². The largest absolute Gasteiger partial charge is 0.339 e. The normalized spacial score (nSPS) is 15.9. The van der Waals surface area contributed by atoms with Crippen LogP contribution < -0.4 is 0 Å². The van der Waals surface area contributed by atoms with Gasteiger partial charge in [-0.3, -0.25) is 14.2 Å². The van der Waals surface area contributed by atoms with Crippen molar-refractivity contribution in [1.82, 2.24) is 19.3 Å². The Morgan fingerprint density at radius 3 is 2.68 bits per heavy atom. The van der Waals surface area contributed by atoms with Crippen LogP contribution in [-0.2, 0) is 0 Å². The molecule has 130 valence electrons. The molecule has 4 heterocycles. The summed E-state index contributed by atoms with van der Waals surface area (Å²) in [7, 11) is 0. The summed E-state index contributed by atoms with van der Waals surface area (Å²) in [6, 6.07) is 3.65. The molecule has 0 N–H and O–H groups in total. The molecular formula is C19H22N4OS. The molecule has 1 fully saturated rings. The number of aryl methyl sites for hydroxylation is 3. The highest BCUT2D eigenvalue weighted by atomic mass is 32.1. The average Bonchev–Trinajstić information content (AvgIpc) is 3.12. The highest BCUT2D eigenvalue weighted by molar-refractivity contribution is 7.17. The first kappa shape index (κ1) is 16.3. The minimum atomic E-state index is 0.0838. The number of carbonyl (C=O) groups is 1. The van der Waals surface area contributed by atoms with Crippen molar-refractivity contribution >= 4 is 22.1 Å². The van der Waals surface area contributed by atoms with E-state index in [-0.39, 0.29) is 5.91 Å². The van der Waals surface area contributed by atoms with Gasteiger partial charge in [0.05, 0.1) is 11.3 Å². The highest BCUT2D eigenvalue weighted by Gasteiger charge is 2.28. The van der Waals surface area contributed by atoms with Crippen molar-refractivity contribution in [1.29, 1.82) is 0 Å². The number of aromatic nitrogens is 3. The summed E-state index contributed by atoms with van der Waals surface area (Å²) in [6.07, 6.45) is 5.27. The van der Waals surface area contributed by atoms with E-state index in [4.69, 9.17) is 4.98 Å². The fraction of sp³-hybridized carbons (Fsp3) is 0.421. The molecule has 0 spiro atoms. The van der Waals surface area contributed by atoms with E-state index in [0.717, 1.165) is 31.8 Å². The predicted molar refractivity (Wildman–Crippen MR) is 99.4 cm³/mol. The summed E-state index contributed by atoms with van der Waals surface area (Å²) in [6.45, 7) is 7.97. The third-order valence-corrected chi connectivity index (χ3v) is 6.39. The molecule has 25 heavy (non-hydrogen) atoms. The average molecular weight is 354 g/mol. The van der Waals surface area contributed by atoms with Crippen LogP contribution in [0.25, 0.3) is 4.83 Å². The molecule has 0 radical (unpaired) electrons. The molecule has 1 amide bonds. The topological polar surface area (TPSA) is 50.5 Å². The van der Waals surface area contributed by atoms with Crippen LogP contribution in [-0.4, -0.2) is 38.3 Å². The lowest BCUT2D eigenvalue weighted by atomic mass is 9.93. The van der Waals surface area contributed by atoms with Crippen molar-refractivity contribution < 1.29 is 4.79 Å². The summed E-state index contributed by atoms with van der Waals surface area (Å²) >= 11 is 1.84. The Morgan fingerprint density at radius 1 is 1.24 bits per heavy atom. The summed E-state index contributed by atoms with van der Waals surface area (Å²) < 4.78 is 2.28. The Bertz CT molecular complexity index is 920. The fourth-order valence-electron chi connectivity index (χ4n) is 3.70. The van der Waals surface area contributed by atoms with Gasteiger partial charge in [-0.15, -0.1) is 11.3 Å². The SMILES string of the molecule is Cc1sc2c(C3CCN(C(=O)c4cccnc4)CC3)nc(C)n2c1C. The number of hydrogen-bond donors (Lipinski definition) is 0. The molecule has 0 unspecified atom stereocenters. The molecule has 1 saturated heterocycles. The van der Waals surface area contributed by atoms with Crippen LogP contribution >= 0.6 is 11.3 Å². The van der Waals surface area contributed by atoms with E-state index < -0.39 is 0 Å². The van der Waals surface area contributed by atoms with Crippen LogP contribution in [0, 0.1) is 20.8 Å². The number of fused-ring (bicyclic) bond motifs is 1. The number of rotatable bonds is 2. The second-order valence-electron chi connectivity index (χ2n) is 6.74. The molecule has 6 heteroatoms. The van der Waals surface area contributed by atoms with E-state index >= 15 is 0 Å². The first-order valence-corrected chi connectivity index (χ1v) is 9.52. The number of amides is 1. The Hall–Kier alpha value is -2.21. The van der Waals surface area contributed by atoms with E-state index in [0.29, 0.717) is 11.5 Å². The lowest BCUT2D eigenvalue weighted by Gasteiger charge is -2.31. The number of nitrogens with zero attached hydrogens (tertiary/aromatic N) is 4. The van der Waals surface area contributed by atoms with Crippen molar-refractivity contribution in [3.05, 3.63) is 52.2 Å². The maximum absolute atomic E-state index is 12.6. The van der Waals surface area contributed by atoms with Gasteiger partial charge < -0.3 is 4.90 Å². The van der Waals surface area contributed by atoms with Gasteiger partial charge in [0.2, 0.25) is 0 Å². The van der Waals surface area contributed by atoms with Gasteiger partial charge in [-0.25, -0.2) is 4.98 Å². The monoisotopic (exact) mass is 354 g/mol. The van der Waals surface area contributed by atoms with Gasteiger partial charge in [-0.05, 0) is 45.7 Å². The zero-order valence-electron chi connectivity index (χ0n) is 14.8. The van der Waals surface area contributed by atoms with E-state index in [1.165, 1.54) is 21.1 Å². The number of hydrogen-bond acceptors (Lipinski definition) is 4. The zero-order chi connectivity index (χ0) is 17.6. The third-order valence-electron chi connectivity index (χ3n) is 5.20. The van der Waals surface area contributed by atoms with Crippen molar-refractivity contribution in [3.63, 3.8) is 0 Å². The summed E-state index contributed by atoms with van der Waals surface area (Å²) in [5.74, 6) is 1.58. The van der Waals surface area contributed by atoms with E-state index in [2.05, 4.69) is 30.2 Å². The molecule has 3 aromatic heterocycles. The lowest BCUT2D eigenvalue weighted by molar-refractivity contribution is 0.0712.